The Kier molecular flexibility index (Phi) is 12.5. The van der Waals surface area contributed by atoms with Crippen molar-refractivity contribution in [3.05, 3.63) is 12.7 Å². The third-order valence-corrected chi connectivity index (χ3v) is 6.01. The molecule has 1 heterocycles. The van der Waals surface area contributed by atoms with Gasteiger partial charge in [-0.1, -0.05) is 57.9 Å². The molecule has 3 amide bonds. The highest BCUT2D eigenvalue weighted by Gasteiger charge is 2.44. The Hall–Kier alpha value is -1.89. The minimum Gasteiger partial charge on any atom is -0.469 e. The highest BCUT2D eigenvalue weighted by Crippen LogP contribution is 2.26. The first-order chi connectivity index (χ1) is 14.8. The zero-order chi connectivity index (χ0) is 23.3. The average Bonchev–Trinajstić information content (AvgIpc) is 2.96. The van der Waals surface area contributed by atoms with E-state index in [1.807, 2.05) is 6.92 Å². The molecule has 2 unspecified atom stereocenters. The topological polar surface area (TPSA) is 87.2 Å². The number of esters is 1. The van der Waals surface area contributed by atoms with Crippen LogP contribution in [0.2, 0.25) is 0 Å². The number of hydrogen-bond donors (Lipinski definition) is 1. The second-order valence-corrected chi connectivity index (χ2v) is 8.82. The van der Waals surface area contributed by atoms with E-state index in [0.717, 1.165) is 51.4 Å². The predicted octanol–water partition coefficient (Wildman–Crippen LogP) is 4.43. The Labute approximate surface area is 187 Å². The molecule has 1 fully saturated rings. The number of amides is 3. The van der Waals surface area contributed by atoms with E-state index >= 15 is 0 Å². The lowest BCUT2D eigenvalue weighted by atomic mass is 9.94. The number of rotatable bonds is 17. The summed E-state index contributed by atoms with van der Waals surface area (Å²) in [5.74, 6) is -0.383. The van der Waals surface area contributed by atoms with E-state index in [-0.39, 0.29) is 24.5 Å². The highest BCUT2D eigenvalue weighted by atomic mass is 16.5. The summed E-state index contributed by atoms with van der Waals surface area (Å²) in [6, 6.07) is -0.772. The SMILES string of the molecule is C=CCN1C(=O)C(CCCCCCC(=O)OC)N(CCC(C)(O)CCCCCC)C1=O. The molecule has 1 aliphatic rings. The maximum absolute atomic E-state index is 12.8. The highest BCUT2D eigenvalue weighted by molar-refractivity contribution is 6.04. The summed E-state index contributed by atoms with van der Waals surface area (Å²) in [7, 11) is 1.39. The van der Waals surface area contributed by atoms with Gasteiger partial charge in [0.05, 0.1) is 12.7 Å². The summed E-state index contributed by atoms with van der Waals surface area (Å²) >= 11 is 0. The van der Waals surface area contributed by atoms with Gasteiger partial charge in [-0.2, -0.15) is 0 Å². The van der Waals surface area contributed by atoms with Crippen LogP contribution in [0.5, 0.6) is 0 Å². The molecule has 7 nitrogen and oxygen atoms in total. The minimum atomic E-state index is -0.846. The molecule has 0 aromatic carbocycles. The van der Waals surface area contributed by atoms with Gasteiger partial charge in [-0.05, 0) is 32.6 Å². The number of nitrogens with zero attached hydrogens (tertiary/aromatic N) is 2. The second kappa shape index (κ2) is 14.2. The van der Waals surface area contributed by atoms with E-state index in [1.54, 1.807) is 11.0 Å². The fourth-order valence-electron chi connectivity index (χ4n) is 4.01. The molecule has 1 saturated heterocycles. The van der Waals surface area contributed by atoms with Crippen molar-refractivity contribution in [2.75, 3.05) is 20.2 Å². The second-order valence-electron chi connectivity index (χ2n) is 8.82. The summed E-state index contributed by atoms with van der Waals surface area (Å²) in [6.45, 7) is 8.20. The molecule has 0 spiro atoms. The molecule has 0 aromatic heterocycles. The maximum atomic E-state index is 12.8. The van der Waals surface area contributed by atoms with Gasteiger partial charge in [-0.15, -0.1) is 6.58 Å². The Morgan fingerprint density at radius 2 is 1.81 bits per heavy atom. The molecule has 0 aromatic rings. The predicted molar refractivity (Wildman–Crippen MR) is 122 cm³/mol. The fraction of sp³-hybridized carbons (Fsp3) is 0.792. The number of hydrogen-bond acceptors (Lipinski definition) is 5. The van der Waals surface area contributed by atoms with E-state index in [9.17, 15) is 19.5 Å². The van der Waals surface area contributed by atoms with Gasteiger partial charge < -0.3 is 14.7 Å². The molecule has 7 heteroatoms. The largest absolute Gasteiger partial charge is 0.469 e. The third-order valence-electron chi connectivity index (χ3n) is 6.01. The molecule has 2 atom stereocenters. The van der Waals surface area contributed by atoms with Crippen LogP contribution in [0.3, 0.4) is 0 Å². The van der Waals surface area contributed by atoms with Gasteiger partial charge in [0.25, 0.3) is 5.91 Å². The lowest BCUT2D eigenvalue weighted by molar-refractivity contribution is -0.140. The molecule has 0 saturated carbocycles. The van der Waals surface area contributed by atoms with Crippen molar-refractivity contribution >= 4 is 17.9 Å². The molecule has 0 bridgehead atoms. The Morgan fingerprint density at radius 1 is 1.13 bits per heavy atom. The molecule has 1 N–H and O–H groups in total. The number of carbonyl (C=O) groups excluding carboxylic acids is 3. The van der Waals surface area contributed by atoms with Gasteiger partial charge in [0.15, 0.2) is 0 Å². The zero-order valence-corrected chi connectivity index (χ0v) is 19.7. The van der Waals surface area contributed by atoms with Crippen molar-refractivity contribution < 1.29 is 24.2 Å². The zero-order valence-electron chi connectivity index (χ0n) is 19.7. The van der Waals surface area contributed by atoms with Crippen molar-refractivity contribution in [3.8, 4) is 0 Å². The first-order valence-electron chi connectivity index (χ1n) is 11.8. The van der Waals surface area contributed by atoms with Crippen LogP contribution in [0, 0.1) is 0 Å². The summed E-state index contributed by atoms with van der Waals surface area (Å²) < 4.78 is 4.64. The van der Waals surface area contributed by atoms with Crippen molar-refractivity contribution in [2.45, 2.75) is 103 Å². The van der Waals surface area contributed by atoms with Gasteiger partial charge in [-0.25, -0.2) is 4.79 Å². The van der Waals surface area contributed by atoms with Gasteiger partial charge in [-0.3, -0.25) is 14.5 Å². The Bertz CT molecular complexity index is 591. The summed E-state index contributed by atoms with van der Waals surface area (Å²) in [5.41, 5.74) is -0.846. The fourth-order valence-corrected chi connectivity index (χ4v) is 4.01. The van der Waals surface area contributed by atoms with E-state index in [4.69, 9.17) is 0 Å². The Morgan fingerprint density at radius 3 is 2.45 bits per heavy atom. The number of aliphatic hydroxyl groups is 1. The molecule has 1 rings (SSSR count). The van der Waals surface area contributed by atoms with Crippen molar-refractivity contribution in [3.63, 3.8) is 0 Å². The number of carbonyl (C=O) groups is 3. The van der Waals surface area contributed by atoms with Crippen LogP contribution >= 0.6 is 0 Å². The molecule has 31 heavy (non-hydrogen) atoms. The standard InChI is InChI=1S/C24H42N2O5/c1-5-7-8-13-16-24(3,30)17-19-25-20(22(28)26(18-6-2)23(25)29)14-11-9-10-12-15-21(27)31-4/h6,20,30H,2,5,7-19H2,1,3-4H3. The smallest absolute Gasteiger partial charge is 0.327 e. The molecule has 1 aliphatic heterocycles. The molecule has 0 aliphatic carbocycles. The van der Waals surface area contributed by atoms with Crippen LogP contribution in [0.15, 0.2) is 12.7 Å². The van der Waals surface area contributed by atoms with Gasteiger partial charge in [0.2, 0.25) is 0 Å². The lowest BCUT2D eigenvalue weighted by Gasteiger charge is -2.28. The molecule has 0 radical (unpaired) electrons. The van der Waals surface area contributed by atoms with Crippen molar-refractivity contribution in [1.29, 1.82) is 0 Å². The van der Waals surface area contributed by atoms with E-state index in [1.165, 1.54) is 12.0 Å². The van der Waals surface area contributed by atoms with Crippen LogP contribution in [0.4, 0.5) is 4.79 Å². The number of imide groups is 1. The van der Waals surface area contributed by atoms with Crippen LogP contribution in [-0.2, 0) is 14.3 Å². The molecular weight excluding hydrogens is 396 g/mol. The normalized spacial score (nSPS) is 18.4. The summed E-state index contributed by atoms with van der Waals surface area (Å²) in [6.07, 6.45) is 11.4. The van der Waals surface area contributed by atoms with E-state index in [0.29, 0.717) is 32.2 Å². The minimum absolute atomic E-state index is 0.179. The van der Waals surface area contributed by atoms with Crippen LogP contribution in [0.25, 0.3) is 0 Å². The van der Waals surface area contributed by atoms with E-state index in [2.05, 4.69) is 18.2 Å². The molecular formula is C24H42N2O5. The number of methoxy groups -OCH3 is 1. The summed E-state index contributed by atoms with van der Waals surface area (Å²) in [5, 5.41) is 10.7. The van der Waals surface area contributed by atoms with E-state index < -0.39 is 11.6 Å². The number of unbranched alkanes of at least 4 members (excludes halogenated alkanes) is 6. The van der Waals surface area contributed by atoms with Crippen LogP contribution in [0.1, 0.15) is 90.9 Å². The van der Waals surface area contributed by atoms with Gasteiger partial charge in [0, 0.05) is 19.5 Å². The average molecular weight is 439 g/mol. The van der Waals surface area contributed by atoms with Crippen molar-refractivity contribution in [2.24, 2.45) is 0 Å². The first kappa shape index (κ1) is 27.1. The Balaban J connectivity index is 2.59. The first-order valence-corrected chi connectivity index (χ1v) is 11.8. The van der Waals surface area contributed by atoms with Crippen LogP contribution < -0.4 is 0 Å². The van der Waals surface area contributed by atoms with Crippen LogP contribution in [-0.4, -0.2) is 64.7 Å². The number of urea groups is 1. The van der Waals surface area contributed by atoms with Crippen molar-refractivity contribution in [1.82, 2.24) is 9.80 Å². The van der Waals surface area contributed by atoms with Gasteiger partial charge in [0.1, 0.15) is 6.04 Å². The van der Waals surface area contributed by atoms with Gasteiger partial charge >= 0.3 is 12.0 Å². The number of ether oxygens (including phenoxy) is 1. The quantitative estimate of drug-likeness (QED) is 0.157. The molecule has 178 valence electrons. The third kappa shape index (κ3) is 9.42. The lowest BCUT2D eigenvalue weighted by Crippen LogP contribution is -2.39. The maximum Gasteiger partial charge on any atom is 0.327 e. The summed E-state index contributed by atoms with van der Waals surface area (Å²) in [4.78, 5) is 39.7. The monoisotopic (exact) mass is 438 g/mol.